The summed E-state index contributed by atoms with van der Waals surface area (Å²) in [4.78, 5) is 0. The minimum atomic E-state index is 0.514. The number of hydrogen-bond donors (Lipinski definition) is 1. The first kappa shape index (κ1) is 7.60. The Kier molecular flexibility index (Phi) is 1.39. The molecule has 0 aromatic heterocycles. The van der Waals surface area contributed by atoms with Gasteiger partial charge in [0.25, 0.3) is 0 Å². The van der Waals surface area contributed by atoms with Gasteiger partial charge in [-0.25, -0.2) is 0 Å². The summed E-state index contributed by atoms with van der Waals surface area (Å²) in [6.45, 7) is 7.16. The van der Waals surface area contributed by atoms with Crippen LogP contribution in [-0.4, -0.2) is 6.04 Å². The smallest absolute Gasteiger partial charge is 0.0104 e. The van der Waals surface area contributed by atoms with E-state index in [4.69, 9.17) is 5.73 Å². The first-order valence-corrected chi connectivity index (χ1v) is 4.80. The summed E-state index contributed by atoms with van der Waals surface area (Å²) in [7, 11) is 0. The molecule has 4 atom stereocenters. The highest BCUT2D eigenvalue weighted by Crippen LogP contribution is 2.58. The van der Waals surface area contributed by atoms with Gasteiger partial charge in [-0.15, -0.1) is 0 Å². The van der Waals surface area contributed by atoms with Crippen molar-refractivity contribution < 1.29 is 0 Å². The van der Waals surface area contributed by atoms with Crippen LogP contribution in [0.25, 0.3) is 0 Å². The highest BCUT2D eigenvalue weighted by Gasteiger charge is 2.55. The van der Waals surface area contributed by atoms with E-state index in [1.165, 1.54) is 12.8 Å². The van der Waals surface area contributed by atoms with Crippen molar-refractivity contribution in [2.75, 3.05) is 0 Å². The average molecular weight is 153 g/mol. The zero-order valence-corrected chi connectivity index (χ0v) is 7.80. The molecule has 3 unspecified atom stereocenters. The third-order valence-electron chi connectivity index (χ3n) is 4.54. The van der Waals surface area contributed by atoms with E-state index >= 15 is 0 Å². The lowest BCUT2D eigenvalue weighted by Gasteiger charge is -2.35. The van der Waals surface area contributed by atoms with Crippen molar-refractivity contribution in [3.8, 4) is 0 Å². The molecule has 1 nitrogen and oxygen atoms in total. The van der Waals surface area contributed by atoms with Crippen LogP contribution in [0.1, 0.15) is 33.6 Å². The maximum absolute atomic E-state index is 6.15. The van der Waals surface area contributed by atoms with Crippen molar-refractivity contribution in [1.29, 1.82) is 0 Å². The van der Waals surface area contributed by atoms with Gasteiger partial charge in [-0.3, -0.25) is 0 Å². The zero-order chi connectivity index (χ0) is 8.22. The molecular formula is C10H19N. The van der Waals surface area contributed by atoms with Crippen LogP contribution in [0.4, 0.5) is 0 Å². The molecule has 0 spiro atoms. The second-order valence-electron chi connectivity index (χ2n) is 5.04. The quantitative estimate of drug-likeness (QED) is 0.566. The summed E-state index contributed by atoms with van der Waals surface area (Å²) in [6, 6.07) is 0.514. The fourth-order valence-corrected chi connectivity index (χ4v) is 3.40. The van der Waals surface area contributed by atoms with E-state index in [2.05, 4.69) is 20.8 Å². The lowest BCUT2D eigenvalue weighted by Crippen LogP contribution is -2.30. The fourth-order valence-electron chi connectivity index (χ4n) is 3.40. The predicted molar refractivity (Wildman–Crippen MR) is 47.1 cm³/mol. The minimum Gasteiger partial charge on any atom is -0.327 e. The van der Waals surface area contributed by atoms with Crippen LogP contribution < -0.4 is 5.73 Å². The molecule has 0 aromatic carbocycles. The van der Waals surface area contributed by atoms with Gasteiger partial charge in [-0.2, -0.15) is 0 Å². The van der Waals surface area contributed by atoms with Crippen molar-refractivity contribution >= 4 is 0 Å². The van der Waals surface area contributed by atoms with Crippen LogP contribution >= 0.6 is 0 Å². The summed E-state index contributed by atoms with van der Waals surface area (Å²) in [6.07, 6.45) is 2.76. The van der Waals surface area contributed by atoms with Gasteiger partial charge in [0.2, 0.25) is 0 Å². The van der Waals surface area contributed by atoms with Crippen LogP contribution in [0.5, 0.6) is 0 Å². The fraction of sp³-hybridized carbons (Fsp3) is 1.00. The molecule has 0 amide bonds. The maximum Gasteiger partial charge on any atom is 0.0104 e. The Morgan fingerprint density at radius 2 is 1.91 bits per heavy atom. The van der Waals surface area contributed by atoms with Crippen molar-refractivity contribution in [3.05, 3.63) is 0 Å². The molecular weight excluding hydrogens is 134 g/mol. The first-order valence-electron chi connectivity index (χ1n) is 4.80. The molecule has 2 aliphatic carbocycles. The third kappa shape index (κ3) is 0.752. The number of fused-ring (bicyclic) bond motifs is 2. The van der Waals surface area contributed by atoms with Crippen LogP contribution in [0.3, 0.4) is 0 Å². The molecule has 64 valence electrons. The second kappa shape index (κ2) is 2.01. The van der Waals surface area contributed by atoms with E-state index in [1.54, 1.807) is 0 Å². The van der Waals surface area contributed by atoms with Crippen LogP contribution in [0, 0.1) is 23.2 Å². The van der Waals surface area contributed by atoms with E-state index in [0.29, 0.717) is 11.5 Å². The minimum absolute atomic E-state index is 0.514. The first-order chi connectivity index (χ1) is 5.05. The van der Waals surface area contributed by atoms with Crippen LogP contribution in [0.15, 0.2) is 0 Å². The van der Waals surface area contributed by atoms with Crippen molar-refractivity contribution in [3.63, 3.8) is 0 Å². The molecule has 0 aromatic rings. The van der Waals surface area contributed by atoms with Gasteiger partial charge in [0, 0.05) is 6.04 Å². The Labute approximate surface area is 69.4 Å². The standard InChI is InChI=1S/C10H19N/c1-6-7-4-5-8(9(7)11)10(6,2)3/h6-9H,4-5,11H2,1-3H3/t6?,7?,8-,9?/m1/s1. The number of hydrogen-bond acceptors (Lipinski definition) is 1. The molecule has 0 saturated heterocycles. The maximum atomic E-state index is 6.15. The highest BCUT2D eigenvalue weighted by molar-refractivity contribution is 5.07. The van der Waals surface area contributed by atoms with Gasteiger partial charge >= 0.3 is 0 Å². The Hall–Kier alpha value is -0.0400. The summed E-state index contributed by atoms with van der Waals surface area (Å²) in [5.74, 6) is 2.48. The van der Waals surface area contributed by atoms with Crippen molar-refractivity contribution in [1.82, 2.24) is 0 Å². The van der Waals surface area contributed by atoms with E-state index in [0.717, 1.165) is 17.8 Å². The summed E-state index contributed by atoms with van der Waals surface area (Å²) >= 11 is 0. The second-order valence-corrected chi connectivity index (χ2v) is 5.04. The summed E-state index contributed by atoms with van der Waals surface area (Å²) in [5.41, 5.74) is 6.67. The van der Waals surface area contributed by atoms with Gasteiger partial charge in [-0.05, 0) is 36.0 Å². The van der Waals surface area contributed by atoms with Crippen LogP contribution in [-0.2, 0) is 0 Å². The van der Waals surface area contributed by atoms with E-state index in [9.17, 15) is 0 Å². The molecule has 2 N–H and O–H groups in total. The molecule has 11 heavy (non-hydrogen) atoms. The lowest BCUT2D eigenvalue weighted by molar-refractivity contribution is 0.137. The Bertz CT molecular complexity index is 174. The van der Waals surface area contributed by atoms with E-state index < -0.39 is 0 Å². The Balaban J connectivity index is 2.31. The molecule has 0 heterocycles. The van der Waals surface area contributed by atoms with Crippen LogP contribution in [0.2, 0.25) is 0 Å². The highest BCUT2D eigenvalue weighted by atomic mass is 14.8. The molecule has 2 saturated carbocycles. The lowest BCUT2D eigenvalue weighted by atomic mass is 9.70. The van der Waals surface area contributed by atoms with Gasteiger partial charge in [0.15, 0.2) is 0 Å². The molecule has 0 aliphatic heterocycles. The third-order valence-corrected chi connectivity index (χ3v) is 4.54. The van der Waals surface area contributed by atoms with E-state index in [1.807, 2.05) is 0 Å². The van der Waals surface area contributed by atoms with Gasteiger partial charge in [-0.1, -0.05) is 20.8 Å². The monoisotopic (exact) mass is 153 g/mol. The summed E-state index contributed by atoms with van der Waals surface area (Å²) < 4.78 is 0. The largest absolute Gasteiger partial charge is 0.327 e. The molecule has 2 rings (SSSR count). The molecule has 0 radical (unpaired) electrons. The number of nitrogens with two attached hydrogens (primary N) is 1. The predicted octanol–water partition coefficient (Wildman–Crippen LogP) is 2.02. The Morgan fingerprint density at radius 3 is 2.18 bits per heavy atom. The topological polar surface area (TPSA) is 26.0 Å². The molecule has 2 aliphatic rings. The van der Waals surface area contributed by atoms with Gasteiger partial charge in [0.1, 0.15) is 0 Å². The van der Waals surface area contributed by atoms with Crippen molar-refractivity contribution in [2.24, 2.45) is 28.9 Å². The SMILES string of the molecule is CC1C2CC[C@H](C2N)C1(C)C. The van der Waals surface area contributed by atoms with Gasteiger partial charge in [0.05, 0.1) is 0 Å². The molecule has 1 heteroatoms. The summed E-state index contributed by atoms with van der Waals surface area (Å²) in [5, 5.41) is 0. The van der Waals surface area contributed by atoms with E-state index in [-0.39, 0.29) is 0 Å². The Morgan fingerprint density at radius 1 is 1.27 bits per heavy atom. The zero-order valence-electron chi connectivity index (χ0n) is 7.80. The van der Waals surface area contributed by atoms with Gasteiger partial charge < -0.3 is 5.73 Å². The molecule has 2 fully saturated rings. The van der Waals surface area contributed by atoms with Crippen molar-refractivity contribution in [2.45, 2.75) is 39.7 Å². The number of rotatable bonds is 0. The molecule has 2 bridgehead atoms. The average Bonchev–Trinajstić information content (AvgIpc) is 2.34. The normalized spacial score (nSPS) is 53.5.